The molecule has 31 heteroatoms. The number of carbonyl (C=O) groups is 6. The van der Waals surface area contributed by atoms with Gasteiger partial charge in [-0.05, 0) is 48.9 Å². The van der Waals surface area contributed by atoms with Gasteiger partial charge in [-0.1, -0.05) is 56.3 Å². The molecule has 2 aromatic carbocycles. The van der Waals surface area contributed by atoms with Gasteiger partial charge in [0.05, 0.1) is 45.1 Å². The van der Waals surface area contributed by atoms with E-state index >= 15 is 0 Å². The minimum Gasteiger partial charge on any atom is -0.508 e. The molecular weight excluding hydrogens is 1090 g/mol. The smallest absolute Gasteiger partial charge is 0.245 e. The number of nitrogens with one attached hydrogen (secondary N) is 5. The molecule has 82 heavy (non-hydrogen) atoms. The van der Waals surface area contributed by atoms with Crippen LogP contribution in [0.5, 0.6) is 5.75 Å². The number of aliphatic hydroxyl groups is 11. The van der Waals surface area contributed by atoms with Gasteiger partial charge in [-0.3, -0.25) is 28.8 Å². The molecule has 0 aliphatic carbocycles. The van der Waals surface area contributed by atoms with Crippen molar-refractivity contribution in [2.75, 3.05) is 33.0 Å². The number of amides is 6. The Labute approximate surface area is 469 Å². The second kappa shape index (κ2) is 31.3. The molecule has 6 amide bonds. The summed E-state index contributed by atoms with van der Waals surface area (Å²) in [6, 6.07) is 7.02. The monoisotopic (exact) mass is 1170 g/mol. The Morgan fingerprint density at radius 1 is 0.573 bits per heavy atom. The number of phenolic OH excluding ortho intramolecular Hbond substituents is 1. The van der Waals surface area contributed by atoms with Gasteiger partial charge in [0.2, 0.25) is 35.4 Å². The molecule has 3 aliphatic rings. The van der Waals surface area contributed by atoms with E-state index in [0.717, 1.165) is 0 Å². The number of aliphatic hydroxyl groups excluding tert-OH is 11. The lowest BCUT2D eigenvalue weighted by Crippen LogP contribution is -2.66. The Bertz CT molecular complexity index is 2380. The molecule has 31 nitrogen and oxygen atoms in total. The highest BCUT2D eigenvalue weighted by molar-refractivity contribution is 5.96. The molecule has 3 saturated heterocycles. The van der Waals surface area contributed by atoms with Crippen molar-refractivity contribution in [1.82, 2.24) is 26.6 Å². The van der Waals surface area contributed by atoms with Crippen LogP contribution in [0.25, 0.3) is 0 Å². The fraction of sp³-hybridized carbons (Fsp3) is 0.647. The molecule has 5 rings (SSSR count). The molecule has 0 aromatic heterocycles. The van der Waals surface area contributed by atoms with Gasteiger partial charge in [0, 0.05) is 6.42 Å². The molecule has 0 bridgehead atoms. The van der Waals surface area contributed by atoms with Gasteiger partial charge < -0.3 is 128 Å². The lowest BCUT2D eigenvalue weighted by atomic mass is 9.96. The fourth-order valence-corrected chi connectivity index (χ4v) is 9.04. The van der Waals surface area contributed by atoms with Crippen molar-refractivity contribution in [2.24, 2.45) is 17.4 Å². The molecular formula is C51H77N7O24. The zero-order valence-corrected chi connectivity index (χ0v) is 45.0. The number of aromatic hydroxyl groups is 1. The Balaban J connectivity index is 1.19. The summed E-state index contributed by atoms with van der Waals surface area (Å²) < 4.78 is 33.4. The maximum absolute atomic E-state index is 14.1. The van der Waals surface area contributed by atoms with Crippen molar-refractivity contribution in [2.45, 2.75) is 168 Å². The predicted molar refractivity (Wildman–Crippen MR) is 276 cm³/mol. The molecule has 460 valence electrons. The third kappa shape index (κ3) is 18.2. The van der Waals surface area contributed by atoms with E-state index in [2.05, 4.69) is 26.6 Å². The number of ether oxygens (including phenoxy) is 6. The maximum atomic E-state index is 14.1. The topological polar surface area (TPSA) is 513 Å². The lowest BCUT2D eigenvalue weighted by Gasteiger charge is -2.48. The van der Waals surface area contributed by atoms with Crippen molar-refractivity contribution in [1.29, 1.82) is 0 Å². The van der Waals surface area contributed by atoms with Crippen molar-refractivity contribution >= 4 is 35.4 Å². The average Bonchev–Trinajstić information content (AvgIpc) is 3.65. The second-order valence-corrected chi connectivity index (χ2v) is 20.5. The van der Waals surface area contributed by atoms with Crippen molar-refractivity contribution in [3.05, 3.63) is 65.7 Å². The zero-order valence-electron chi connectivity index (χ0n) is 45.0. The fourth-order valence-electron chi connectivity index (χ4n) is 9.04. The van der Waals surface area contributed by atoms with Gasteiger partial charge in [-0.2, -0.15) is 0 Å². The number of benzene rings is 2. The predicted octanol–water partition coefficient (Wildman–Crippen LogP) is -9.06. The highest BCUT2D eigenvalue weighted by Crippen LogP contribution is 2.33. The highest BCUT2D eigenvalue weighted by Gasteiger charge is 2.54. The van der Waals surface area contributed by atoms with Gasteiger partial charge in [0.25, 0.3) is 0 Å². The van der Waals surface area contributed by atoms with E-state index in [1.54, 1.807) is 56.3 Å². The van der Waals surface area contributed by atoms with Gasteiger partial charge in [0.15, 0.2) is 18.9 Å². The normalized spacial score (nSPS) is 30.6. The first-order valence-electron chi connectivity index (χ1n) is 26.3. The van der Waals surface area contributed by atoms with E-state index in [4.69, 9.17) is 39.9 Å². The van der Waals surface area contributed by atoms with Crippen molar-refractivity contribution in [3.8, 4) is 5.75 Å². The quantitative estimate of drug-likeness (QED) is 0.0376. The van der Waals surface area contributed by atoms with Crippen LogP contribution in [0.3, 0.4) is 0 Å². The standard InChI is InChI=1S/C51H77N7O24/c1-21(2)13-27(56-47(75)28(15-23-7-5-4-6-8-23)55-33(64)16-54-48(76)34(22(3)62)58-45(73)26(52)14-24-9-11-25(63)12-10-24)46(74)57-29(44(53)72)20-77-49-40(70)37(67)42(31(18-60)79-49)82-51-41(71)38(68)43(32(19-61)80-51)81-50-39(69)36(66)35(65)30(17-59)78-50/h4-12,21-22,26-32,34-43,49-51,59-63,65-71H,13-20,52H2,1-3H3,(H2,53,72)(H,54,76)(H,55,64)(H,56,75)(H,57,74)(H,58,73)/t22-,26-,27-,28-,29-,30+,31+,32+,34+,35+,36-,37+,38+,39+,40+,41+,42+,43+,49+,50+,51+/m0/s1. The zero-order chi connectivity index (χ0) is 60.7. The van der Waals surface area contributed by atoms with Crippen LogP contribution in [0.4, 0.5) is 0 Å². The van der Waals surface area contributed by atoms with E-state index in [1.165, 1.54) is 19.1 Å². The minimum atomic E-state index is -2.09. The highest BCUT2D eigenvalue weighted by atomic mass is 16.8. The van der Waals surface area contributed by atoms with Gasteiger partial charge in [0.1, 0.15) is 103 Å². The Morgan fingerprint density at radius 3 is 1.61 bits per heavy atom. The summed E-state index contributed by atoms with van der Waals surface area (Å²) in [5.74, 6) is -6.01. The van der Waals surface area contributed by atoms with E-state index in [0.29, 0.717) is 11.1 Å². The molecule has 0 unspecified atom stereocenters. The lowest BCUT2D eigenvalue weighted by molar-refractivity contribution is -0.379. The number of hydrogen-bond donors (Lipinski definition) is 19. The number of carbonyl (C=O) groups excluding carboxylic acids is 6. The average molecular weight is 1170 g/mol. The molecule has 0 radical (unpaired) electrons. The summed E-state index contributed by atoms with van der Waals surface area (Å²) in [6.45, 7) is 0.313. The number of primary amides is 1. The first-order valence-corrected chi connectivity index (χ1v) is 26.3. The van der Waals surface area contributed by atoms with Crippen LogP contribution < -0.4 is 38.1 Å². The Kier molecular flexibility index (Phi) is 25.6. The van der Waals surface area contributed by atoms with Crippen LogP contribution in [0, 0.1) is 5.92 Å². The molecule has 0 spiro atoms. The van der Waals surface area contributed by atoms with E-state index < -0.39 is 197 Å². The Hall–Kier alpha value is -5.66. The third-order valence-electron chi connectivity index (χ3n) is 13.6. The van der Waals surface area contributed by atoms with Crippen LogP contribution >= 0.6 is 0 Å². The largest absolute Gasteiger partial charge is 0.508 e. The van der Waals surface area contributed by atoms with Crippen LogP contribution in [0.15, 0.2) is 54.6 Å². The van der Waals surface area contributed by atoms with Crippen LogP contribution in [-0.2, 0) is 70.0 Å². The number of hydrogen-bond acceptors (Lipinski definition) is 25. The van der Waals surface area contributed by atoms with Crippen LogP contribution in [0.2, 0.25) is 0 Å². The van der Waals surface area contributed by atoms with E-state index in [1.807, 2.05) is 0 Å². The van der Waals surface area contributed by atoms with Gasteiger partial charge in [-0.15, -0.1) is 0 Å². The molecule has 3 heterocycles. The molecule has 0 saturated carbocycles. The van der Waals surface area contributed by atoms with Crippen molar-refractivity contribution in [3.63, 3.8) is 0 Å². The van der Waals surface area contributed by atoms with Gasteiger partial charge >= 0.3 is 0 Å². The SMILES string of the molecule is CC(C)C[C@H](NC(=O)[C@H](Cc1ccccc1)NC(=O)CNC(=O)[C@H](NC(=O)[C@@H](N)Cc1ccc(O)cc1)[C@H](C)O)C(=O)N[C@@H](CO[C@@H]1O[C@H](CO)[C@@H](O[C@H]2O[C@H](CO)[C@@H](O[C@H]3O[C@H](CO)[C@@H](O)[C@H](O)[C@H]3O)[C@H](O)[C@H]2O)[C@H](O)[C@H]1O)C(N)=O. The summed E-state index contributed by atoms with van der Waals surface area (Å²) in [5.41, 5.74) is 12.8. The summed E-state index contributed by atoms with van der Waals surface area (Å²) in [6.07, 6.45) is -29.3. The van der Waals surface area contributed by atoms with Gasteiger partial charge in [-0.25, -0.2) is 0 Å². The summed E-state index contributed by atoms with van der Waals surface area (Å²) in [7, 11) is 0. The molecule has 3 fully saturated rings. The minimum absolute atomic E-state index is 0.000677. The second-order valence-electron chi connectivity index (χ2n) is 20.5. The first-order chi connectivity index (χ1) is 38.8. The summed E-state index contributed by atoms with van der Waals surface area (Å²) in [4.78, 5) is 80.4. The number of rotatable bonds is 28. The summed E-state index contributed by atoms with van der Waals surface area (Å²) >= 11 is 0. The van der Waals surface area contributed by atoms with E-state index in [9.17, 15) is 90.0 Å². The third-order valence-corrected chi connectivity index (χ3v) is 13.6. The Morgan fingerprint density at radius 2 is 1.07 bits per heavy atom. The number of phenols is 1. The molecule has 2 aromatic rings. The van der Waals surface area contributed by atoms with Crippen LogP contribution in [-0.4, -0.2) is 258 Å². The molecule has 21 atom stereocenters. The van der Waals surface area contributed by atoms with Crippen LogP contribution in [0.1, 0.15) is 38.3 Å². The van der Waals surface area contributed by atoms with E-state index in [-0.39, 0.29) is 30.9 Å². The first kappa shape index (κ1) is 67.1. The summed E-state index contributed by atoms with van der Waals surface area (Å²) in [5, 5.41) is 137. The molecule has 3 aliphatic heterocycles. The van der Waals surface area contributed by atoms with Crippen molar-refractivity contribution < 1.29 is 118 Å². The maximum Gasteiger partial charge on any atom is 0.245 e. The number of nitrogens with two attached hydrogens (primary N) is 2. The molecule has 21 N–H and O–H groups in total.